The summed E-state index contributed by atoms with van der Waals surface area (Å²) in [7, 11) is -3.38. The summed E-state index contributed by atoms with van der Waals surface area (Å²) < 4.78 is 28.6. The Kier molecular flexibility index (Phi) is 4.22. The van der Waals surface area contributed by atoms with Crippen LogP contribution in [0.2, 0.25) is 0 Å². The molecule has 2 aromatic heterocycles. The molecule has 0 atom stereocenters. The maximum absolute atomic E-state index is 12.0. The number of imidazole rings is 1. The third kappa shape index (κ3) is 3.65. The standard InChI is InChI=1S/C16H26N4O2S/c1-8-23(21,22)19-11-9-12(15(2,3)4)18-14-13(11)17-10-20(14)16(5,6)7/h9-10H,8H2,1-7H3,(H,18,19). The van der Waals surface area contributed by atoms with E-state index in [2.05, 4.69) is 51.2 Å². The maximum atomic E-state index is 12.0. The van der Waals surface area contributed by atoms with E-state index in [1.807, 2.05) is 4.57 Å². The molecule has 0 aliphatic heterocycles. The minimum Gasteiger partial charge on any atom is -0.310 e. The van der Waals surface area contributed by atoms with Gasteiger partial charge in [0.2, 0.25) is 10.0 Å². The number of fused-ring (bicyclic) bond motifs is 1. The Morgan fingerprint density at radius 1 is 1.17 bits per heavy atom. The van der Waals surface area contributed by atoms with Crippen LogP contribution in [0.25, 0.3) is 11.2 Å². The van der Waals surface area contributed by atoms with Crippen LogP contribution in [0.1, 0.15) is 54.2 Å². The Morgan fingerprint density at radius 2 is 1.78 bits per heavy atom. The highest BCUT2D eigenvalue weighted by Gasteiger charge is 2.24. The van der Waals surface area contributed by atoms with E-state index in [-0.39, 0.29) is 16.7 Å². The second kappa shape index (κ2) is 5.47. The van der Waals surface area contributed by atoms with Gasteiger partial charge in [-0.15, -0.1) is 0 Å². The van der Waals surface area contributed by atoms with Crippen LogP contribution in [0, 0.1) is 0 Å². The van der Waals surface area contributed by atoms with Gasteiger partial charge in [-0.25, -0.2) is 18.4 Å². The summed E-state index contributed by atoms with van der Waals surface area (Å²) in [6, 6.07) is 1.79. The first kappa shape index (κ1) is 17.7. The van der Waals surface area contributed by atoms with Crippen molar-refractivity contribution in [3.05, 3.63) is 18.1 Å². The normalized spacial score (nSPS) is 13.5. The van der Waals surface area contributed by atoms with Crippen LogP contribution in [-0.2, 0) is 21.0 Å². The fourth-order valence-corrected chi connectivity index (χ4v) is 2.82. The predicted octanol–water partition coefficient (Wildman–Crippen LogP) is 3.25. The van der Waals surface area contributed by atoms with Crippen molar-refractivity contribution >= 4 is 26.9 Å². The summed E-state index contributed by atoms with van der Waals surface area (Å²) in [6.07, 6.45) is 1.72. The molecule has 0 radical (unpaired) electrons. The first-order valence-electron chi connectivity index (χ1n) is 7.75. The first-order valence-corrected chi connectivity index (χ1v) is 9.40. The second-order valence-electron chi connectivity index (χ2n) is 7.77. The van der Waals surface area contributed by atoms with Gasteiger partial charge >= 0.3 is 0 Å². The zero-order valence-corrected chi connectivity index (χ0v) is 15.7. The Morgan fingerprint density at radius 3 is 2.26 bits per heavy atom. The molecule has 23 heavy (non-hydrogen) atoms. The molecular formula is C16H26N4O2S. The van der Waals surface area contributed by atoms with E-state index in [0.29, 0.717) is 16.9 Å². The molecule has 0 amide bonds. The highest BCUT2D eigenvalue weighted by molar-refractivity contribution is 7.92. The summed E-state index contributed by atoms with van der Waals surface area (Å²) in [4.78, 5) is 9.16. The fourth-order valence-electron chi connectivity index (χ4n) is 2.18. The zero-order chi connectivity index (χ0) is 17.6. The van der Waals surface area contributed by atoms with E-state index in [9.17, 15) is 8.42 Å². The third-order valence-corrected chi connectivity index (χ3v) is 4.93. The quantitative estimate of drug-likeness (QED) is 0.932. The van der Waals surface area contributed by atoms with E-state index in [0.717, 1.165) is 5.69 Å². The van der Waals surface area contributed by atoms with Gasteiger partial charge in [0.15, 0.2) is 5.65 Å². The van der Waals surface area contributed by atoms with Crippen molar-refractivity contribution in [2.45, 2.75) is 59.4 Å². The minimum atomic E-state index is -3.38. The molecule has 0 saturated carbocycles. The number of pyridine rings is 1. The van der Waals surface area contributed by atoms with Gasteiger partial charge in [-0.3, -0.25) is 4.72 Å². The highest BCUT2D eigenvalue weighted by atomic mass is 32.2. The van der Waals surface area contributed by atoms with Crippen molar-refractivity contribution < 1.29 is 8.42 Å². The van der Waals surface area contributed by atoms with E-state index < -0.39 is 10.0 Å². The number of aromatic nitrogens is 3. The second-order valence-corrected chi connectivity index (χ2v) is 9.78. The van der Waals surface area contributed by atoms with Gasteiger partial charge in [0.1, 0.15) is 5.52 Å². The lowest BCUT2D eigenvalue weighted by atomic mass is 9.91. The molecule has 1 N–H and O–H groups in total. The number of rotatable bonds is 3. The lowest BCUT2D eigenvalue weighted by Crippen LogP contribution is -2.23. The molecule has 0 bridgehead atoms. The third-order valence-electron chi connectivity index (χ3n) is 3.64. The van der Waals surface area contributed by atoms with Crippen molar-refractivity contribution in [2.75, 3.05) is 10.5 Å². The van der Waals surface area contributed by atoms with Crippen LogP contribution in [0.4, 0.5) is 5.69 Å². The molecule has 0 saturated heterocycles. The van der Waals surface area contributed by atoms with E-state index in [1.54, 1.807) is 19.3 Å². The van der Waals surface area contributed by atoms with Crippen LogP contribution in [0.5, 0.6) is 0 Å². The number of hydrogen-bond acceptors (Lipinski definition) is 4. The van der Waals surface area contributed by atoms with Crippen molar-refractivity contribution in [2.24, 2.45) is 0 Å². The smallest absolute Gasteiger partial charge is 0.232 e. The van der Waals surface area contributed by atoms with Crippen LogP contribution in [-0.4, -0.2) is 28.7 Å². The molecule has 0 aliphatic carbocycles. The Bertz CT molecular complexity index is 824. The largest absolute Gasteiger partial charge is 0.310 e. The number of hydrogen-bond donors (Lipinski definition) is 1. The summed E-state index contributed by atoms with van der Waals surface area (Å²) >= 11 is 0. The van der Waals surface area contributed by atoms with Gasteiger partial charge in [-0.2, -0.15) is 0 Å². The molecular weight excluding hydrogens is 312 g/mol. The molecule has 128 valence electrons. The fraction of sp³-hybridized carbons (Fsp3) is 0.625. The van der Waals surface area contributed by atoms with Gasteiger partial charge in [0.05, 0.1) is 23.5 Å². The van der Waals surface area contributed by atoms with Crippen LogP contribution >= 0.6 is 0 Å². The predicted molar refractivity (Wildman–Crippen MR) is 94.3 cm³/mol. The summed E-state index contributed by atoms with van der Waals surface area (Å²) in [5.74, 6) is 0.0155. The average molecular weight is 338 g/mol. The Labute approximate surface area is 138 Å². The highest BCUT2D eigenvalue weighted by Crippen LogP contribution is 2.31. The molecule has 2 heterocycles. The Hall–Kier alpha value is -1.63. The van der Waals surface area contributed by atoms with Gasteiger partial charge < -0.3 is 4.57 Å². The van der Waals surface area contributed by atoms with E-state index >= 15 is 0 Å². The monoisotopic (exact) mass is 338 g/mol. The molecule has 2 aromatic rings. The van der Waals surface area contributed by atoms with E-state index in [4.69, 9.17) is 4.98 Å². The summed E-state index contributed by atoms with van der Waals surface area (Å²) in [5, 5.41) is 0. The van der Waals surface area contributed by atoms with Crippen molar-refractivity contribution in [3.8, 4) is 0 Å². The molecule has 2 rings (SSSR count). The summed E-state index contributed by atoms with van der Waals surface area (Å²) in [6.45, 7) is 14.0. The summed E-state index contributed by atoms with van der Waals surface area (Å²) in [5.41, 5.74) is 2.19. The number of nitrogens with zero attached hydrogens (tertiary/aromatic N) is 3. The SMILES string of the molecule is CCS(=O)(=O)Nc1cc(C(C)(C)C)nc2c1ncn2C(C)(C)C. The van der Waals surface area contributed by atoms with Gasteiger partial charge in [0.25, 0.3) is 0 Å². The molecule has 7 heteroatoms. The number of nitrogens with one attached hydrogen (secondary N) is 1. The topological polar surface area (TPSA) is 76.9 Å². The number of anilines is 1. The van der Waals surface area contributed by atoms with E-state index in [1.165, 1.54) is 0 Å². The molecule has 0 unspecified atom stereocenters. The van der Waals surface area contributed by atoms with Crippen molar-refractivity contribution in [3.63, 3.8) is 0 Å². The Balaban J connectivity index is 2.78. The van der Waals surface area contributed by atoms with Crippen LogP contribution in [0.15, 0.2) is 12.4 Å². The number of sulfonamides is 1. The first-order chi connectivity index (χ1) is 10.3. The molecule has 0 aromatic carbocycles. The lowest BCUT2D eigenvalue weighted by Gasteiger charge is -2.23. The zero-order valence-electron chi connectivity index (χ0n) is 14.9. The molecule has 0 aliphatic rings. The van der Waals surface area contributed by atoms with Crippen LogP contribution in [0.3, 0.4) is 0 Å². The average Bonchev–Trinajstić information content (AvgIpc) is 2.81. The van der Waals surface area contributed by atoms with Gasteiger partial charge in [0, 0.05) is 11.0 Å². The maximum Gasteiger partial charge on any atom is 0.232 e. The van der Waals surface area contributed by atoms with Crippen LogP contribution < -0.4 is 4.72 Å². The van der Waals surface area contributed by atoms with Gasteiger partial charge in [-0.1, -0.05) is 20.8 Å². The van der Waals surface area contributed by atoms with Crippen molar-refractivity contribution in [1.82, 2.24) is 14.5 Å². The molecule has 0 spiro atoms. The molecule has 6 nitrogen and oxygen atoms in total. The van der Waals surface area contributed by atoms with Crippen molar-refractivity contribution in [1.29, 1.82) is 0 Å². The molecule has 0 fully saturated rings. The minimum absolute atomic E-state index is 0.0155. The lowest BCUT2D eigenvalue weighted by molar-refractivity contribution is 0.405. The van der Waals surface area contributed by atoms with Gasteiger partial charge in [-0.05, 0) is 33.8 Å².